The maximum atomic E-state index is 13.1. The summed E-state index contributed by atoms with van der Waals surface area (Å²) in [6, 6.07) is 7.08. The Morgan fingerprint density at radius 2 is 2.17 bits per heavy atom. The fourth-order valence-electron chi connectivity index (χ4n) is 2.43. The van der Waals surface area contributed by atoms with Crippen molar-refractivity contribution in [3.63, 3.8) is 0 Å². The molecule has 0 aromatic heterocycles. The van der Waals surface area contributed by atoms with Gasteiger partial charge in [0.15, 0.2) is 9.84 Å². The third-order valence-corrected chi connectivity index (χ3v) is 4.82. The van der Waals surface area contributed by atoms with Crippen LogP contribution < -0.4 is 0 Å². The molecule has 0 bridgehead atoms. The van der Waals surface area contributed by atoms with E-state index in [2.05, 4.69) is 0 Å². The first-order valence-electron chi connectivity index (χ1n) is 5.18. The number of sulfone groups is 1. The molecule has 0 amide bonds. The molecule has 94 valence electrons. The van der Waals surface area contributed by atoms with Crippen molar-refractivity contribution in [2.24, 2.45) is 5.41 Å². The highest BCUT2D eigenvalue weighted by molar-refractivity contribution is 7.91. The lowest BCUT2D eigenvalue weighted by Gasteiger charge is -1.99. The topological polar surface area (TPSA) is 75.0 Å². The molecule has 0 radical (unpaired) electrons. The van der Waals surface area contributed by atoms with Crippen molar-refractivity contribution in [2.45, 2.75) is 11.2 Å². The van der Waals surface area contributed by atoms with E-state index < -0.39 is 32.2 Å². The Hall–Kier alpha value is -1.74. The molecular formula is C12H10FNO3S. The number of halogens is 1. The van der Waals surface area contributed by atoms with Crippen LogP contribution in [0.15, 0.2) is 24.3 Å². The van der Waals surface area contributed by atoms with E-state index in [1.54, 1.807) is 6.07 Å². The lowest BCUT2D eigenvalue weighted by Crippen LogP contribution is -2.14. The summed E-state index contributed by atoms with van der Waals surface area (Å²) in [5.74, 6) is -1.31. The third kappa shape index (κ3) is 1.71. The van der Waals surface area contributed by atoms with Gasteiger partial charge in [0.05, 0.1) is 11.3 Å². The molecule has 0 spiro atoms. The second kappa shape index (κ2) is 3.89. The maximum Gasteiger partial charge on any atom is 0.153 e. The van der Waals surface area contributed by atoms with Gasteiger partial charge in [0.1, 0.15) is 17.5 Å². The number of carbonyl (C=O) groups excluding carboxylic acids is 1. The zero-order chi connectivity index (χ0) is 13.6. The number of hydrogen-bond acceptors (Lipinski definition) is 4. The second-order valence-corrected chi connectivity index (χ2v) is 6.61. The molecule has 0 heterocycles. The maximum absolute atomic E-state index is 13.1. The summed E-state index contributed by atoms with van der Waals surface area (Å²) in [6.07, 6.45) is 1.33. The lowest BCUT2D eigenvalue weighted by molar-refractivity contribution is -0.110. The monoisotopic (exact) mass is 267 g/mol. The van der Waals surface area contributed by atoms with E-state index in [1.165, 1.54) is 18.2 Å². The van der Waals surface area contributed by atoms with Crippen molar-refractivity contribution in [1.29, 1.82) is 5.26 Å². The van der Waals surface area contributed by atoms with Crippen LogP contribution >= 0.6 is 0 Å². The van der Waals surface area contributed by atoms with Crippen LogP contribution in [0.2, 0.25) is 0 Å². The smallest absolute Gasteiger partial charge is 0.153 e. The Balaban J connectivity index is 2.52. The Bertz CT molecular complexity index is 650. The minimum absolute atomic E-state index is 0.355. The van der Waals surface area contributed by atoms with Gasteiger partial charge >= 0.3 is 0 Å². The van der Waals surface area contributed by atoms with E-state index in [0.717, 1.165) is 12.3 Å². The molecule has 6 heteroatoms. The zero-order valence-corrected chi connectivity index (χ0v) is 10.3. The number of nitrogens with zero attached hydrogens (tertiary/aromatic N) is 1. The Kier molecular flexibility index (Phi) is 2.74. The van der Waals surface area contributed by atoms with Gasteiger partial charge in [0.2, 0.25) is 0 Å². The van der Waals surface area contributed by atoms with Gasteiger partial charge in [0.25, 0.3) is 0 Å². The van der Waals surface area contributed by atoms with Crippen LogP contribution in [0.25, 0.3) is 0 Å². The van der Waals surface area contributed by atoms with Crippen LogP contribution in [0.3, 0.4) is 0 Å². The summed E-state index contributed by atoms with van der Waals surface area (Å²) < 4.78 is 36.3. The molecule has 0 saturated heterocycles. The molecule has 1 aliphatic carbocycles. The molecule has 2 rings (SSSR count). The Morgan fingerprint density at radius 3 is 2.56 bits per heavy atom. The van der Waals surface area contributed by atoms with E-state index in [0.29, 0.717) is 11.8 Å². The predicted molar refractivity (Wildman–Crippen MR) is 61.9 cm³/mol. The van der Waals surface area contributed by atoms with Crippen LogP contribution in [0, 0.1) is 22.6 Å². The number of benzene rings is 1. The highest BCUT2D eigenvalue weighted by atomic mass is 32.2. The first kappa shape index (κ1) is 12.7. The Morgan fingerprint density at radius 1 is 1.50 bits per heavy atom. The minimum atomic E-state index is -3.55. The number of aldehydes is 1. The number of hydrogen-bond donors (Lipinski definition) is 0. The van der Waals surface area contributed by atoms with Crippen LogP contribution in [0.5, 0.6) is 0 Å². The summed E-state index contributed by atoms with van der Waals surface area (Å²) in [5, 5.41) is 7.96. The van der Waals surface area contributed by atoms with Gasteiger partial charge in [0, 0.05) is 12.2 Å². The predicted octanol–water partition coefficient (Wildman–Crippen LogP) is 1.04. The van der Waals surface area contributed by atoms with Gasteiger partial charge in [-0.05, 0) is 17.7 Å². The van der Waals surface area contributed by atoms with Crippen LogP contribution in [-0.4, -0.2) is 26.2 Å². The first-order valence-corrected chi connectivity index (χ1v) is 7.14. The molecule has 1 saturated carbocycles. The quantitative estimate of drug-likeness (QED) is 0.767. The van der Waals surface area contributed by atoms with Crippen LogP contribution in [0.4, 0.5) is 4.39 Å². The lowest BCUT2D eigenvalue weighted by atomic mass is 10.0. The summed E-state index contributed by atoms with van der Waals surface area (Å²) >= 11 is 0. The van der Waals surface area contributed by atoms with E-state index in [4.69, 9.17) is 5.26 Å². The fraction of sp³-hybridized carbons (Fsp3) is 0.333. The summed E-state index contributed by atoms with van der Waals surface area (Å²) in [6.45, 7) is 0. The number of nitriles is 1. The summed E-state index contributed by atoms with van der Waals surface area (Å²) in [7, 11) is -3.55. The van der Waals surface area contributed by atoms with Crippen molar-refractivity contribution in [2.75, 3.05) is 6.26 Å². The van der Waals surface area contributed by atoms with E-state index in [1.807, 2.05) is 0 Å². The van der Waals surface area contributed by atoms with Gasteiger partial charge in [-0.1, -0.05) is 12.1 Å². The number of rotatable bonds is 3. The standard InChI is InChI=1S/C12H10FNO3S/c1-18(16,17)11-10(12(11,6-14)7-15)8-3-2-4-9(13)5-8/h2-5,7,10-11H,1H3/t10-,11-,12-/m0/s1. The fourth-order valence-corrected chi connectivity index (χ4v) is 4.19. The highest BCUT2D eigenvalue weighted by Crippen LogP contribution is 2.61. The minimum Gasteiger partial charge on any atom is -0.302 e. The van der Waals surface area contributed by atoms with Crippen molar-refractivity contribution in [1.82, 2.24) is 0 Å². The first-order chi connectivity index (χ1) is 8.36. The average molecular weight is 267 g/mol. The molecule has 0 N–H and O–H groups in total. The van der Waals surface area contributed by atoms with E-state index in [-0.39, 0.29) is 0 Å². The molecule has 1 aromatic rings. The molecule has 1 aromatic carbocycles. The SMILES string of the molecule is CS(=O)(=O)[C@H]1[C@H](c2cccc(F)c2)[C@]1(C#N)C=O. The molecule has 3 atom stereocenters. The molecule has 0 unspecified atom stereocenters. The average Bonchev–Trinajstić information content (AvgIpc) is 2.98. The van der Waals surface area contributed by atoms with E-state index in [9.17, 15) is 17.6 Å². The van der Waals surface area contributed by atoms with E-state index >= 15 is 0 Å². The second-order valence-electron chi connectivity index (χ2n) is 4.45. The zero-order valence-electron chi connectivity index (χ0n) is 9.50. The van der Waals surface area contributed by atoms with Crippen molar-refractivity contribution in [3.8, 4) is 6.07 Å². The molecule has 0 aliphatic heterocycles. The van der Waals surface area contributed by atoms with Gasteiger partial charge < -0.3 is 4.79 Å². The van der Waals surface area contributed by atoms with Crippen LogP contribution in [0.1, 0.15) is 11.5 Å². The molecule has 1 fully saturated rings. The van der Waals surface area contributed by atoms with Crippen LogP contribution in [-0.2, 0) is 14.6 Å². The number of carbonyl (C=O) groups is 1. The summed E-state index contributed by atoms with van der Waals surface area (Å²) in [4.78, 5) is 11.1. The van der Waals surface area contributed by atoms with Crippen molar-refractivity contribution < 1.29 is 17.6 Å². The van der Waals surface area contributed by atoms with Gasteiger partial charge in [-0.3, -0.25) is 0 Å². The molecular weight excluding hydrogens is 257 g/mol. The molecule has 4 nitrogen and oxygen atoms in total. The highest BCUT2D eigenvalue weighted by Gasteiger charge is 2.71. The molecule has 1 aliphatic rings. The third-order valence-electron chi connectivity index (χ3n) is 3.24. The van der Waals surface area contributed by atoms with Gasteiger partial charge in [-0.15, -0.1) is 0 Å². The van der Waals surface area contributed by atoms with Gasteiger partial charge in [-0.25, -0.2) is 12.8 Å². The van der Waals surface area contributed by atoms with Crippen molar-refractivity contribution in [3.05, 3.63) is 35.6 Å². The van der Waals surface area contributed by atoms with Crippen molar-refractivity contribution >= 4 is 16.1 Å². The normalized spacial score (nSPS) is 30.5. The molecule has 18 heavy (non-hydrogen) atoms. The van der Waals surface area contributed by atoms with Gasteiger partial charge in [-0.2, -0.15) is 5.26 Å². The largest absolute Gasteiger partial charge is 0.302 e. The summed E-state index contributed by atoms with van der Waals surface area (Å²) in [5.41, 5.74) is -1.22. The Labute approximate surface area is 104 Å².